The molecule has 0 saturated heterocycles. The van der Waals surface area contributed by atoms with Crippen LogP contribution in [0, 0.1) is 0 Å². The van der Waals surface area contributed by atoms with Crippen molar-refractivity contribution < 1.29 is 14.7 Å². The number of nitrogens with zero attached hydrogens (tertiary/aromatic N) is 1. The maximum Gasteiger partial charge on any atom is 0.355 e. The molecule has 1 aromatic heterocycles. The second-order valence-corrected chi connectivity index (χ2v) is 6.30. The normalized spacial score (nSPS) is 18.7. The number of hydrogen-bond donors (Lipinski definition) is 3. The number of hydrogen-bond acceptors (Lipinski definition) is 5. The molecule has 1 saturated carbocycles. The van der Waals surface area contributed by atoms with E-state index in [1.54, 1.807) is 6.92 Å². The van der Waals surface area contributed by atoms with E-state index in [1.807, 2.05) is 0 Å². The SMILES string of the molecule is CC(NC(=O)CC1(N)CCCC1)c1nc(C(=O)O)cs1. The molecule has 1 fully saturated rings. The predicted octanol–water partition coefficient (Wildman–Crippen LogP) is 1.68. The van der Waals surface area contributed by atoms with Crippen LogP contribution in [0.3, 0.4) is 0 Å². The lowest BCUT2D eigenvalue weighted by atomic mass is 9.94. The molecule has 1 aliphatic carbocycles. The van der Waals surface area contributed by atoms with Crippen molar-refractivity contribution in [3.05, 3.63) is 16.1 Å². The molecule has 1 amide bonds. The number of carbonyl (C=O) groups excluding carboxylic acids is 1. The highest BCUT2D eigenvalue weighted by atomic mass is 32.1. The Bertz CT molecular complexity index is 509. The average molecular weight is 297 g/mol. The summed E-state index contributed by atoms with van der Waals surface area (Å²) in [6.45, 7) is 1.79. The molecule has 1 atom stereocenters. The summed E-state index contributed by atoms with van der Waals surface area (Å²) in [5, 5.41) is 13.7. The summed E-state index contributed by atoms with van der Waals surface area (Å²) in [7, 11) is 0. The molecule has 1 unspecified atom stereocenters. The lowest BCUT2D eigenvalue weighted by molar-refractivity contribution is -0.122. The third-order valence-corrected chi connectivity index (χ3v) is 4.63. The fourth-order valence-corrected chi connectivity index (χ4v) is 3.31. The minimum atomic E-state index is -1.06. The van der Waals surface area contributed by atoms with Gasteiger partial charge in [0.25, 0.3) is 0 Å². The number of aromatic nitrogens is 1. The molecule has 20 heavy (non-hydrogen) atoms. The highest BCUT2D eigenvalue weighted by Crippen LogP contribution is 2.30. The Morgan fingerprint density at radius 3 is 2.75 bits per heavy atom. The molecule has 0 bridgehead atoms. The van der Waals surface area contributed by atoms with Crippen molar-refractivity contribution in [3.63, 3.8) is 0 Å². The van der Waals surface area contributed by atoms with Crippen molar-refractivity contribution in [2.45, 2.75) is 50.6 Å². The van der Waals surface area contributed by atoms with Crippen LogP contribution in [-0.2, 0) is 4.79 Å². The Labute approximate surface area is 121 Å². The third-order valence-electron chi connectivity index (χ3n) is 3.60. The van der Waals surface area contributed by atoms with Crippen LogP contribution in [0.15, 0.2) is 5.38 Å². The molecule has 0 aliphatic heterocycles. The van der Waals surface area contributed by atoms with E-state index < -0.39 is 5.97 Å². The number of nitrogens with one attached hydrogen (secondary N) is 1. The van der Waals surface area contributed by atoms with Crippen LogP contribution in [0.2, 0.25) is 0 Å². The molecule has 110 valence electrons. The smallest absolute Gasteiger partial charge is 0.355 e. The number of amides is 1. The van der Waals surface area contributed by atoms with Crippen molar-refractivity contribution in [2.75, 3.05) is 0 Å². The van der Waals surface area contributed by atoms with Gasteiger partial charge in [0, 0.05) is 17.3 Å². The number of thiazole rings is 1. The van der Waals surface area contributed by atoms with Gasteiger partial charge in [0.2, 0.25) is 5.91 Å². The van der Waals surface area contributed by atoms with Crippen LogP contribution in [-0.4, -0.2) is 27.5 Å². The summed E-state index contributed by atoms with van der Waals surface area (Å²) in [6.07, 6.45) is 4.24. The Balaban J connectivity index is 1.91. The summed E-state index contributed by atoms with van der Waals surface area (Å²) in [4.78, 5) is 26.8. The van der Waals surface area contributed by atoms with E-state index in [0.717, 1.165) is 25.7 Å². The Morgan fingerprint density at radius 1 is 1.55 bits per heavy atom. The van der Waals surface area contributed by atoms with Crippen molar-refractivity contribution in [1.82, 2.24) is 10.3 Å². The first kappa shape index (κ1) is 14.9. The fourth-order valence-electron chi connectivity index (χ4n) is 2.51. The summed E-state index contributed by atoms with van der Waals surface area (Å²) >= 11 is 1.23. The highest BCUT2D eigenvalue weighted by molar-refractivity contribution is 7.09. The maximum absolute atomic E-state index is 12.0. The van der Waals surface area contributed by atoms with Crippen molar-refractivity contribution in [3.8, 4) is 0 Å². The van der Waals surface area contributed by atoms with Crippen LogP contribution >= 0.6 is 11.3 Å². The second kappa shape index (κ2) is 5.88. The van der Waals surface area contributed by atoms with Crippen molar-refractivity contribution >= 4 is 23.2 Å². The summed E-state index contributed by atoms with van der Waals surface area (Å²) in [5.74, 6) is -1.16. The molecule has 7 heteroatoms. The average Bonchev–Trinajstić information content (AvgIpc) is 2.97. The minimum absolute atomic E-state index is 0.0113. The van der Waals surface area contributed by atoms with Crippen LogP contribution in [0.1, 0.15) is 60.6 Å². The Morgan fingerprint density at radius 2 is 2.20 bits per heavy atom. The highest BCUT2D eigenvalue weighted by Gasteiger charge is 2.32. The fraction of sp³-hybridized carbons (Fsp3) is 0.615. The number of carbonyl (C=O) groups is 2. The summed E-state index contributed by atoms with van der Waals surface area (Å²) < 4.78 is 0. The zero-order valence-corrected chi connectivity index (χ0v) is 12.2. The minimum Gasteiger partial charge on any atom is -0.476 e. The molecule has 2 rings (SSSR count). The molecule has 1 aromatic rings. The Kier molecular flexibility index (Phi) is 4.39. The van der Waals surface area contributed by atoms with Crippen LogP contribution in [0.4, 0.5) is 0 Å². The predicted molar refractivity (Wildman–Crippen MR) is 75.6 cm³/mol. The van der Waals surface area contributed by atoms with Gasteiger partial charge < -0.3 is 16.2 Å². The van der Waals surface area contributed by atoms with E-state index in [-0.39, 0.29) is 23.2 Å². The van der Waals surface area contributed by atoms with Gasteiger partial charge in [-0.05, 0) is 19.8 Å². The zero-order chi connectivity index (χ0) is 14.8. The van der Waals surface area contributed by atoms with E-state index in [9.17, 15) is 9.59 Å². The van der Waals surface area contributed by atoms with Gasteiger partial charge in [-0.1, -0.05) is 12.8 Å². The molecule has 6 nitrogen and oxygen atoms in total. The van der Waals surface area contributed by atoms with Gasteiger partial charge in [-0.25, -0.2) is 9.78 Å². The quantitative estimate of drug-likeness (QED) is 0.767. The molecule has 1 aliphatic rings. The van der Waals surface area contributed by atoms with Crippen molar-refractivity contribution in [2.24, 2.45) is 5.73 Å². The molecule has 4 N–H and O–H groups in total. The number of nitrogens with two attached hydrogens (primary N) is 1. The number of rotatable bonds is 5. The first-order chi connectivity index (χ1) is 9.39. The van der Waals surface area contributed by atoms with Gasteiger partial charge >= 0.3 is 5.97 Å². The lowest BCUT2D eigenvalue weighted by Crippen LogP contribution is -2.42. The maximum atomic E-state index is 12.0. The number of aromatic carboxylic acids is 1. The van der Waals surface area contributed by atoms with Gasteiger partial charge in [-0.15, -0.1) is 11.3 Å². The van der Waals surface area contributed by atoms with E-state index in [0.29, 0.717) is 11.4 Å². The lowest BCUT2D eigenvalue weighted by Gasteiger charge is -2.23. The van der Waals surface area contributed by atoms with Gasteiger partial charge in [-0.2, -0.15) is 0 Å². The van der Waals surface area contributed by atoms with E-state index in [4.69, 9.17) is 10.8 Å². The second-order valence-electron chi connectivity index (χ2n) is 5.41. The molecule has 1 heterocycles. The Hall–Kier alpha value is -1.47. The largest absolute Gasteiger partial charge is 0.476 e. The first-order valence-corrected chi connectivity index (χ1v) is 7.54. The van der Waals surface area contributed by atoms with Crippen molar-refractivity contribution in [1.29, 1.82) is 0 Å². The number of carboxylic acid groups (broad SMARTS) is 1. The standard InChI is InChI=1S/C13H19N3O3S/c1-8(11-16-9(7-20-11)12(18)19)15-10(17)6-13(14)4-2-3-5-13/h7-8H,2-6,14H2,1H3,(H,15,17)(H,18,19). The van der Waals surface area contributed by atoms with Gasteiger partial charge in [0.15, 0.2) is 5.69 Å². The van der Waals surface area contributed by atoms with E-state index >= 15 is 0 Å². The van der Waals surface area contributed by atoms with E-state index in [1.165, 1.54) is 16.7 Å². The third kappa shape index (κ3) is 3.55. The first-order valence-electron chi connectivity index (χ1n) is 6.67. The summed E-state index contributed by atoms with van der Waals surface area (Å²) in [6, 6.07) is -0.300. The molecule has 0 aromatic carbocycles. The molecule has 0 radical (unpaired) electrons. The molecular weight excluding hydrogens is 278 g/mol. The monoisotopic (exact) mass is 297 g/mol. The van der Waals surface area contributed by atoms with Crippen LogP contribution in [0.25, 0.3) is 0 Å². The molecular formula is C13H19N3O3S. The van der Waals surface area contributed by atoms with Gasteiger partial charge in [0.1, 0.15) is 5.01 Å². The van der Waals surface area contributed by atoms with Gasteiger partial charge in [0.05, 0.1) is 6.04 Å². The summed E-state index contributed by atoms with van der Waals surface area (Å²) in [5.41, 5.74) is 5.80. The zero-order valence-electron chi connectivity index (χ0n) is 11.4. The van der Waals surface area contributed by atoms with E-state index in [2.05, 4.69) is 10.3 Å². The van der Waals surface area contributed by atoms with Crippen LogP contribution < -0.4 is 11.1 Å². The van der Waals surface area contributed by atoms with Crippen LogP contribution in [0.5, 0.6) is 0 Å². The topological polar surface area (TPSA) is 105 Å². The molecule has 0 spiro atoms. The van der Waals surface area contributed by atoms with Gasteiger partial charge in [-0.3, -0.25) is 4.79 Å². The number of carboxylic acids is 1.